The number of aromatic nitrogens is 1. The second-order valence-corrected chi connectivity index (χ2v) is 5.33. The average molecular weight is 305 g/mol. The molecule has 1 aliphatic rings. The lowest BCUT2D eigenvalue weighted by Crippen LogP contribution is -2.24. The van der Waals surface area contributed by atoms with Gasteiger partial charge in [0.25, 0.3) is 0 Å². The van der Waals surface area contributed by atoms with Gasteiger partial charge < -0.3 is 10.5 Å². The molecule has 1 aliphatic heterocycles. The first kappa shape index (κ1) is 11.7. The summed E-state index contributed by atoms with van der Waals surface area (Å²) in [6, 6.07) is 9.92. The molecule has 2 unspecified atom stereocenters. The molecule has 3 rings (SSSR count). The Morgan fingerprint density at radius 3 is 3.00 bits per heavy atom. The van der Waals surface area contributed by atoms with Crippen molar-refractivity contribution in [2.24, 2.45) is 5.73 Å². The first-order chi connectivity index (χ1) is 8.74. The standard InChI is InChI=1S/C14H13BrN2O/c15-10-3-4-11-12(16)7-13(18-14(11)6-10)9-2-1-5-17-8-9/h1-6,8,12-13H,7,16H2. The number of fused-ring (bicyclic) bond motifs is 1. The van der Waals surface area contributed by atoms with E-state index < -0.39 is 0 Å². The summed E-state index contributed by atoms with van der Waals surface area (Å²) in [5, 5.41) is 0. The van der Waals surface area contributed by atoms with Crippen LogP contribution in [0.4, 0.5) is 0 Å². The molecule has 2 aromatic rings. The maximum absolute atomic E-state index is 6.21. The lowest BCUT2D eigenvalue weighted by atomic mass is 9.94. The molecule has 2 N–H and O–H groups in total. The molecule has 2 atom stereocenters. The molecule has 0 amide bonds. The topological polar surface area (TPSA) is 48.1 Å². The number of hydrogen-bond acceptors (Lipinski definition) is 3. The van der Waals surface area contributed by atoms with E-state index in [9.17, 15) is 0 Å². The van der Waals surface area contributed by atoms with Gasteiger partial charge in [0.2, 0.25) is 0 Å². The van der Waals surface area contributed by atoms with Crippen LogP contribution < -0.4 is 10.5 Å². The lowest BCUT2D eigenvalue weighted by Gasteiger charge is -2.30. The minimum absolute atomic E-state index is 0.00653. The Morgan fingerprint density at radius 2 is 2.22 bits per heavy atom. The summed E-state index contributed by atoms with van der Waals surface area (Å²) in [7, 11) is 0. The summed E-state index contributed by atoms with van der Waals surface area (Å²) in [5.41, 5.74) is 8.34. The molecular weight excluding hydrogens is 292 g/mol. The summed E-state index contributed by atoms with van der Waals surface area (Å²) in [4.78, 5) is 4.13. The van der Waals surface area contributed by atoms with Crippen molar-refractivity contribution in [2.45, 2.75) is 18.6 Å². The second-order valence-electron chi connectivity index (χ2n) is 4.42. The molecule has 2 heterocycles. The van der Waals surface area contributed by atoms with Crippen LogP contribution in [0, 0.1) is 0 Å². The molecule has 3 nitrogen and oxygen atoms in total. The highest BCUT2D eigenvalue weighted by molar-refractivity contribution is 9.10. The normalized spacial score (nSPS) is 22.1. The van der Waals surface area contributed by atoms with Crippen LogP contribution in [0.25, 0.3) is 0 Å². The van der Waals surface area contributed by atoms with Crippen LogP contribution in [0.5, 0.6) is 5.75 Å². The second kappa shape index (κ2) is 4.71. The minimum Gasteiger partial charge on any atom is -0.485 e. The zero-order valence-corrected chi connectivity index (χ0v) is 11.3. The van der Waals surface area contributed by atoms with Gasteiger partial charge >= 0.3 is 0 Å². The van der Waals surface area contributed by atoms with Gasteiger partial charge in [-0.15, -0.1) is 0 Å². The number of benzene rings is 1. The molecule has 1 aromatic heterocycles. The molecule has 4 heteroatoms. The predicted octanol–water partition coefficient (Wildman–Crippen LogP) is 3.37. The smallest absolute Gasteiger partial charge is 0.127 e. The van der Waals surface area contributed by atoms with Gasteiger partial charge in [-0.05, 0) is 18.2 Å². The Bertz CT molecular complexity index is 559. The van der Waals surface area contributed by atoms with E-state index in [-0.39, 0.29) is 12.1 Å². The fourth-order valence-corrected chi connectivity index (χ4v) is 2.59. The first-order valence-corrected chi connectivity index (χ1v) is 6.65. The fourth-order valence-electron chi connectivity index (χ4n) is 2.25. The van der Waals surface area contributed by atoms with E-state index in [1.165, 1.54) is 0 Å². The highest BCUT2D eigenvalue weighted by Gasteiger charge is 2.27. The largest absolute Gasteiger partial charge is 0.485 e. The number of ether oxygens (including phenoxy) is 1. The Kier molecular flexibility index (Phi) is 3.06. The number of pyridine rings is 1. The zero-order valence-electron chi connectivity index (χ0n) is 9.71. The molecule has 0 fully saturated rings. The minimum atomic E-state index is -0.0181. The molecule has 0 spiro atoms. The summed E-state index contributed by atoms with van der Waals surface area (Å²) in [5.74, 6) is 0.858. The molecule has 0 saturated carbocycles. The van der Waals surface area contributed by atoms with Crippen LogP contribution in [0.3, 0.4) is 0 Å². The molecule has 18 heavy (non-hydrogen) atoms. The summed E-state index contributed by atoms with van der Waals surface area (Å²) in [6.07, 6.45) is 4.35. The Balaban J connectivity index is 1.96. The predicted molar refractivity (Wildman–Crippen MR) is 73.3 cm³/mol. The fraction of sp³-hybridized carbons (Fsp3) is 0.214. The van der Waals surface area contributed by atoms with Crippen LogP contribution in [-0.4, -0.2) is 4.98 Å². The SMILES string of the molecule is NC1CC(c2cccnc2)Oc2cc(Br)ccc21. The highest BCUT2D eigenvalue weighted by atomic mass is 79.9. The van der Waals surface area contributed by atoms with Crippen molar-refractivity contribution in [3.05, 3.63) is 58.3 Å². The maximum Gasteiger partial charge on any atom is 0.127 e. The van der Waals surface area contributed by atoms with Crippen LogP contribution >= 0.6 is 15.9 Å². The van der Waals surface area contributed by atoms with Crippen molar-refractivity contribution in [3.63, 3.8) is 0 Å². The van der Waals surface area contributed by atoms with Gasteiger partial charge in [-0.2, -0.15) is 0 Å². The van der Waals surface area contributed by atoms with Crippen LogP contribution in [0.1, 0.15) is 29.7 Å². The van der Waals surface area contributed by atoms with Gasteiger partial charge in [0.1, 0.15) is 11.9 Å². The van der Waals surface area contributed by atoms with Gasteiger partial charge in [-0.3, -0.25) is 4.98 Å². The maximum atomic E-state index is 6.21. The third kappa shape index (κ3) is 2.13. The Labute approximate surface area is 114 Å². The molecule has 92 valence electrons. The lowest BCUT2D eigenvalue weighted by molar-refractivity contribution is 0.161. The van der Waals surface area contributed by atoms with Crippen molar-refractivity contribution in [2.75, 3.05) is 0 Å². The molecule has 0 aliphatic carbocycles. The van der Waals surface area contributed by atoms with Gasteiger partial charge in [-0.1, -0.05) is 28.1 Å². The van der Waals surface area contributed by atoms with Crippen molar-refractivity contribution < 1.29 is 4.74 Å². The van der Waals surface area contributed by atoms with E-state index in [1.54, 1.807) is 6.20 Å². The molecular formula is C14H13BrN2O. The number of nitrogens with zero attached hydrogens (tertiary/aromatic N) is 1. The monoisotopic (exact) mass is 304 g/mol. The number of halogens is 1. The van der Waals surface area contributed by atoms with Crippen molar-refractivity contribution in [1.29, 1.82) is 0 Å². The molecule has 0 radical (unpaired) electrons. The number of hydrogen-bond donors (Lipinski definition) is 1. The molecule has 0 saturated heterocycles. The third-order valence-corrected chi connectivity index (χ3v) is 3.66. The average Bonchev–Trinajstić information content (AvgIpc) is 2.39. The zero-order chi connectivity index (χ0) is 12.5. The van der Waals surface area contributed by atoms with Gasteiger partial charge in [-0.25, -0.2) is 0 Å². The van der Waals surface area contributed by atoms with Gasteiger partial charge in [0, 0.05) is 40.5 Å². The number of nitrogens with two attached hydrogens (primary N) is 1. The molecule has 0 bridgehead atoms. The van der Waals surface area contributed by atoms with Crippen molar-refractivity contribution in [3.8, 4) is 5.75 Å². The van der Waals surface area contributed by atoms with Crippen molar-refractivity contribution >= 4 is 15.9 Å². The van der Waals surface area contributed by atoms with Crippen LogP contribution in [-0.2, 0) is 0 Å². The summed E-state index contributed by atoms with van der Waals surface area (Å²) < 4.78 is 7.02. The Morgan fingerprint density at radius 1 is 1.33 bits per heavy atom. The first-order valence-electron chi connectivity index (χ1n) is 5.85. The summed E-state index contributed by atoms with van der Waals surface area (Å²) >= 11 is 3.45. The quantitative estimate of drug-likeness (QED) is 0.879. The van der Waals surface area contributed by atoms with E-state index >= 15 is 0 Å². The van der Waals surface area contributed by atoms with E-state index in [1.807, 2.05) is 36.5 Å². The molecule has 1 aromatic carbocycles. The van der Waals surface area contributed by atoms with Gasteiger partial charge in [0.05, 0.1) is 0 Å². The van der Waals surface area contributed by atoms with E-state index in [0.717, 1.165) is 27.8 Å². The summed E-state index contributed by atoms with van der Waals surface area (Å²) in [6.45, 7) is 0. The third-order valence-electron chi connectivity index (χ3n) is 3.17. The van der Waals surface area contributed by atoms with Crippen LogP contribution in [0.2, 0.25) is 0 Å². The highest BCUT2D eigenvalue weighted by Crippen LogP contribution is 2.40. The Hall–Kier alpha value is -1.39. The number of rotatable bonds is 1. The van der Waals surface area contributed by atoms with Crippen molar-refractivity contribution in [1.82, 2.24) is 4.98 Å². The van der Waals surface area contributed by atoms with E-state index in [2.05, 4.69) is 20.9 Å². The van der Waals surface area contributed by atoms with Gasteiger partial charge in [0.15, 0.2) is 0 Å². The van der Waals surface area contributed by atoms with E-state index in [0.29, 0.717) is 0 Å². The van der Waals surface area contributed by atoms with E-state index in [4.69, 9.17) is 10.5 Å². The van der Waals surface area contributed by atoms with Crippen LogP contribution in [0.15, 0.2) is 47.2 Å².